The van der Waals surface area contributed by atoms with E-state index in [2.05, 4.69) is 35.1 Å². The van der Waals surface area contributed by atoms with Gasteiger partial charge in [0, 0.05) is 17.4 Å². The summed E-state index contributed by atoms with van der Waals surface area (Å²) < 4.78 is 4.94. The molecule has 5 heteroatoms. The molecule has 0 spiro atoms. The summed E-state index contributed by atoms with van der Waals surface area (Å²) in [5, 5.41) is 13.4. The van der Waals surface area contributed by atoms with Gasteiger partial charge >= 0.3 is 0 Å². The van der Waals surface area contributed by atoms with Crippen molar-refractivity contribution in [2.75, 3.05) is 19.0 Å². The molecule has 1 aromatic rings. The Morgan fingerprint density at radius 1 is 1.47 bits per heavy atom. The Balaban J connectivity index is 2.66. The predicted octanol–water partition coefficient (Wildman–Crippen LogP) is 2.94. The van der Waals surface area contributed by atoms with Crippen molar-refractivity contribution in [1.29, 1.82) is 0 Å². The molecule has 0 saturated heterocycles. The van der Waals surface area contributed by atoms with Crippen LogP contribution in [0.5, 0.6) is 11.5 Å². The monoisotopic (exact) mass is 329 g/mol. The van der Waals surface area contributed by atoms with Crippen molar-refractivity contribution in [3.8, 4) is 11.5 Å². The maximum atomic E-state index is 12.0. The van der Waals surface area contributed by atoms with E-state index in [4.69, 9.17) is 4.74 Å². The number of ether oxygens (including phenoxy) is 1. The lowest BCUT2D eigenvalue weighted by Crippen LogP contribution is -2.34. The summed E-state index contributed by atoms with van der Waals surface area (Å²) in [6, 6.07) is 4.62. The molecule has 0 aliphatic heterocycles. The van der Waals surface area contributed by atoms with Crippen LogP contribution in [0.4, 0.5) is 0 Å². The van der Waals surface area contributed by atoms with E-state index >= 15 is 0 Å². The van der Waals surface area contributed by atoms with Gasteiger partial charge in [0.15, 0.2) is 11.5 Å². The van der Waals surface area contributed by atoms with Gasteiger partial charge in [0.05, 0.1) is 7.11 Å². The molecular weight excluding hydrogens is 310 g/mol. The van der Waals surface area contributed by atoms with E-state index in [0.717, 1.165) is 11.8 Å². The highest BCUT2D eigenvalue weighted by Crippen LogP contribution is 2.26. The molecule has 1 aromatic carbocycles. The molecule has 2 N–H and O–H groups in total. The second-order valence-corrected chi connectivity index (χ2v) is 5.97. The molecule has 0 heterocycles. The molecule has 0 aromatic heterocycles. The van der Waals surface area contributed by atoms with Gasteiger partial charge in [0.25, 0.3) is 5.91 Å². The molecule has 19 heavy (non-hydrogen) atoms. The standard InChI is InChI=1S/C14H20BrNO3/c1-14(2,6-7-15)9-16-13(18)10-4-5-12(19-3)11(17)8-10/h4-5,8,17H,6-7,9H2,1-3H3,(H,16,18). The number of methoxy groups -OCH3 is 1. The van der Waals surface area contributed by atoms with E-state index in [-0.39, 0.29) is 17.1 Å². The molecule has 0 bridgehead atoms. The highest BCUT2D eigenvalue weighted by atomic mass is 79.9. The topological polar surface area (TPSA) is 58.6 Å². The molecule has 1 amide bonds. The van der Waals surface area contributed by atoms with Crippen molar-refractivity contribution >= 4 is 21.8 Å². The van der Waals surface area contributed by atoms with Crippen LogP contribution in [0.2, 0.25) is 0 Å². The van der Waals surface area contributed by atoms with Gasteiger partial charge in [-0.15, -0.1) is 0 Å². The van der Waals surface area contributed by atoms with Crippen LogP contribution in [0.15, 0.2) is 18.2 Å². The van der Waals surface area contributed by atoms with Gasteiger partial charge in [-0.3, -0.25) is 4.79 Å². The Labute approximate surface area is 122 Å². The number of halogens is 1. The summed E-state index contributed by atoms with van der Waals surface area (Å²) in [6.45, 7) is 4.78. The molecule has 0 fully saturated rings. The minimum atomic E-state index is -0.194. The van der Waals surface area contributed by atoms with Crippen molar-refractivity contribution in [2.24, 2.45) is 5.41 Å². The van der Waals surface area contributed by atoms with Crippen molar-refractivity contribution in [3.63, 3.8) is 0 Å². The van der Waals surface area contributed by atoms with Gasteiger partial charge in [-0.25, -0.2) is 0 Å². The average Bonchev–Trinajstić information content (AvgIpc) is 2.36. The van der Waals surface area contributed by atoms with Crippen LogP contribution in [-0.2, 0) is 0 Å². The number of hydrogen-bond donors (Lipinski definition) is 2. The molecule has 0 unspecified atom stereocenters. The van der Waals surface area contributed by atoms with E-state index in [1.807, 2.05) is 0 Å². The van der Waals surface area contributed by atoms with Gasteiger partial charge in [0.1, 0.15) is 0 Å². The van der Waals surface area contributed by atoms with Crippen LogP contribution >= 0.6 is 15.9 Å². The first-order valence-electron chi connectivity index (χ1n) is 6.11. The summed E-state index contributed by atoms with van der Waals surface area (Å²) in [5.74, 6) is 0.131. The number of aromatic hydroxyl groups is 1. The summed E-state index contributed by atoms with van der Waals surface area (Å²) in [7, 11) is 1.47. The molecule has 0 saturated carbocycles. The SMILES string of the molecule is COc1ccc(C(=O)NCC(C)(C)CCBr)cc1O. The maximum absolute atomic E-state index is 12.0. The third kappa shape index (κ3) is 4.74. The first kappa shape index (κ1) is 15.8. The van der Waals surface area contributed by atoms with Crippen molar-refractivity contribution in [1.82, 2.24) is 5.32 Å². The molecule has 1 rings (SSSR count). The summed E-state index contributed by atoms with van der Waals surface area (Å²) in [5.41, 5.74) is 0.459. The fraction of sp³-hybridized carbons (Fsp3) is 0.500. The highest BCUT2D eigenvalue weighted by Gasteiger charge is 2.18. The number of carbonyl (C=O) groups is 1. The van der Waals surface area contributed by atoms with E-state index in [0.29, 0.717) is 17.9 Å². The number of phenols is 1. The van der Waals surface area contributed by atoms with Gasteiger partial charge in [-0.2, -0.15) is 0 Å². The minimum absolute atomic E-state index is 0.0325. The number of benzene rings is 1. The third-order valence-electron chi connectivity index (χ3n) is 2.94. The van der Waals surface area contributed by atoms with Crippen LogP contribution in [0.25, 0.3) is 0 Å². The molecular formula is C14H20BrNO3. The van der Waals surface area contributed by atoms with Crippen LogP contribution in [0.3, 0.4) is 0 Å². The zero-order chi connectivity index (χ0) is 14.5. The van der Waals surface area contributed by atoms with Gasteiger partial charge < -0.3 is 15.2 Å². The van der Waals surface area contributed by atoms with Gasteiger partial charge in [-0.05, 0) is 30.0 Å². The van der Waals surface area contributed by atoms with Crippen LogP contribution in [0, 0.1) is 5.41 Å². The summed E-state index contributed by atoms with van der Waals surface area (Å²) >= 11 is 3.40. The van der Waals surface area contributed by atoms with Crippen molar-refractivity contribution in [2.45, 2.75) is 20.3 Å². The van der Waals surface area contributed by atoms with Gasteiger partial charge in [0.2, 0.25) is 0 Å². The molecule has 4 nitrogen and oxygen atoms in total. The lowest BCUT2D eigenvalue weighted by Gasteiger charge is -2.23. The highest BCUT2D eigenvalue weighted by molar-refractivity contribution is 9.09. The average molecular weight is 330 g/mol. The number of amides is 1. The lowest BCUT2D eigenvalue weighted by molar-refractivity contribution is 0.0935. The molecule has 0 aliphatic carbocycles. The summed E-state index contributed by atoms with van der Waals surface area (Å²) in [4.78, 5) is 12.0. The molecule has 106 valence electrons. The normalized spacial score (nSPS) is 11.2. The van der Waals surface area contributed by atoms with E-state index in [9.17, 15) is 9.90 Å². The van der Waals surface area contributed by atoms with Crippen LogP contribution < -0.4 is 10.1 Å². The van der Waals surface area contributed by atoms with Crippen molar-refractivity contribution < 1.29 is 14.6 Å². The Kier molecular flexibility index (Phi) is 5.66. The smallest absolute Gasteiger partial charge is 0.251 e. The van der Waals surface area contributed by atoms with E-state index < -0.39 is 0 Å². The summed E-state index contributed by atoms with van der Waals surface area (Å²) in [6.07, 6.45) is 0.973. The van der Waals surface area contributed by atoms with Gasteiger partial charge in [-0.1, -0.05) is 29.8 Å². The predicted molar refractivity (Wildman–Crippen MR) is 79.2 cm³/mol. The third-order valence-corrected chi connectivity index (χ3v) is 3.34. The fourth-order valence-electron chi connectivity index (χ4n) is 1.60. The Bertz CT molecular complexity index is 446. The maximum Gasteiger partial charge on any atom is 0.251 e. The number of phenolic OH excluding ortho intramolecular Hbond substituents is 1. The van der Waals surface area contributed by atoms with Crippen LogP contribution in [-0.4, -0.2) is 30.0 Å². The number of carbonyl (C=O) groups excluding carboxylic acids is 1. The zero-order valence-corrected chi connectivity index (χ0v) is 13.1. The Morgan fingerprint density at radius 2 is 2.16 bits per heavy atom. The minimum Gasteiger partial charge on any atom is -0.504 e. The zero-order valence-electron chi connectivity index (χ0n) is 11.5. The second-order valence-electron chi connectivity index (χ2n) is 5.17. The number of hydrogen-bond acceptors (Lipinski definition) is 3. The second kappa shape index (κ2) is 6.80. The number of nitrogens with one attached hydrogen (secondary N) is 1. The Morgan fingerprint density at radius 3 is 2.68 bits per heavy atom. The molecule has 0 atom stereocenters. The first-order valence-corrected chi connectivity index (χ1v) is 7.23. The quantitative estimate of drug-likeness (QED) is 0.789. The molecule has 0 aliphatic rings. The molecule has 0 radical (unpaired) electrons. The van der Waals surface area contributed by atoms with Crippen LogP contribution in [0.1, 0.15) is 30.6 Å². The lowest BCUT2D eigenvalue weighted by atomic mass is 9.90. The Hall–Kier alpha value is -1.23. The first-order chi connectivity index (χ1) is 8.89. The van der Waals surface area contributed by atoms with E-state index in [1.165, 1.54) is 13.2 Å². The number of alkyl halides is 1. The number of rotatable bonds is 6. The fourth-order valence-corrected chi connectivity index (χ4v) is 2.67. The van der Waals surface area contributed by atoms with E-state index in [1.54, 1.807) is 12.1 Å². The van der Waals surface area contributed by atoms with Crippen molar-refractivity contribution in [3.05, 3.63) is 23.8 Å². The largest absolute Gasteiger partial charge is 0.504 e.